The molecule has 1 N–H and O–H groups in total. The maximum atomic E-state index is 12.3. The lowest BCUT2D eigenvalue weighted by Crippen LogP contribution is -2.23. The number of nitrogens with zero attached hydrogens (tertiary/aromatic N) is 3. The Morgan fingerprint density at radius 3 is 2.85 bits per heavy atom. The summed E-state index contributed by atoms with van der Waals surface area (Å²) in [6.45, 7) is 0. The zero-order valence-corrected chi connectivity index (χ0v) is 13.7. The lowest BCUT2D eigenvalue weighted by atomic mass is 9.93. The van der Waals surface area contributed by atoms with Crippen LogP contribution in [0.25, 0.3) is 0 Å². The van der Waals surface area contributed by atoms with Crippen LogP contribution in [0.3, 0.4) is 0 Å². The van der Waals surface area contributed by atoms with Crippen LogP contribution in [0.5, 0.6) is 0 Å². The minimum Gasteiger partial charge on any atom is -0.340 e. The van der Waals surface area contributed by atoms with E-state index in [2.05, 4.69) is 47.1 Å². The molecule has 5 nitrogen and oxygen atoms in total. The summed E-state index contributed by atoms with van der Waals surface area (Å²) in [6.07, 6.45) is 7.01. The van der Waals surface area contributed by atoms with E-state index in [9.17, 15) is 4.79 Å². The number of hydrogen-bond acceptors (Lipinski definition) is 3. The summed E-state index contributed by atoms with van der Waals surface area (Å²) in [5.41, 5.74) is 0.659. The minimum absolute atomic E-state index is 0.167. The molecular formula is C13H12Br2N4O. The Kier molecular flexibility index (Phi) is 3.89. The molecule has 1 amide bonds. The Hall–Kier alpha value is -1.21. The summed E-state index contributed by atoms with van der Waals surface area (Å²) in [5, 5.41) is 2.78. The molecule has 0 radical (unpaired) electrons. The van der Waals surface area contributed by atoms with E-state index in [-0.39, 0.29) is 5.91 Å². The lowest BCUT2D eigenvalue weighted by molar-refractivity contribution is 0.101. The Balaban J connectivity index is 1.81. The van der Waals surface area contributed by atoms with Crippen LogP contribution in [0.15, 0.2) is 33.7 Å². The van der Waals surface area contributed by atoms with E-state index in [1.54, 1.807) is 6.20 Å². The molecule has 0 spiro atoms. The smallest absolute Gasteiger partial charge is 0.273 e. The third kappa shape index (κ3) is 2.64. The molecule has 2 heterocycles. The first-order chi connectivity index (χ1) is 9.65. The number of carbonyl (C=O) groups is 1. The summed E-state index contributed by atoms with van der Waals surface area (Å²) in [4.78, 5) is 20.6. The van der Waals surface area contributed by atoms with Crippen molar-refractivity contribution in [2.75, 3.05) is 5.32 Å². The van der Waals surface area contributed by atoms with Crippen LogP contribution >= 0.6 is 31.9 Å². The number of rotatable bonds is 3. The van der Waals surface area contributed by atoms with Crippen molar-refractivity contribution in [3.8, 4) is 0 Å². The van der Waals surface area contributed by atoms with Crippen molar-refractivity contribution in [1.29, 1.82) is 0 Å². The molecule has 1 aliphatic rings. The van der Waals surface area contributed by atoms with Crippen LogP contribution in [0.1, 0.15) is 35.8 Å². The Morgan fingerprint density at radius 1 is 1.40 bits per heavy atom. The summed E-state index contributed by atoms with van der Waals surface area (Å²) in [7, 11) is 0. The fourth-order valence-corrected chi connectivity index (χ4v) is 3.08. The molecule has 20 heavy (non-hydrogen) atoms. The summed E-state index contributed by atoms with van der Waals surface area (Å²) >= 11 is 6.51. The SMILES string of the molecule is O=C(Nc1ncc(Br)nc1Br)c1cccn1C1CCC1. The molecule has 1 aliphatic carbocycles. The Morgan fingerprint density at radius 2 is 2.20 bits per heavy atom. The molecule has 0 atom stereocenters. The molecule has 3 rings (SSSR count). The van der Waals surface area contributed by atoms with E-state index in [1.807, 2.05) is 22.9 Å². The second kappa shape index (κ2) is 5.65. The van der Waals surface area contributed by atoms with E-state index in [0.717, 1.165) is 12.8 Å². The van der Waals surface area contributed by atoms with Gasteiger partial charge in [0.1, 0.15) is 14.9 Å². The first-order valence-electron chi connectivity index (χ1n) is 6.31. The number of hydrogen-bond donors (Lipinski definition) is 1. The van der Waals surface area contributed by atoms with Gasteiger partial charge in [0.25, 0.3) is 5.91 Å². The van der Waals surface area contributed by atoms with Crippen molar-refractivity contribution < 1.29 is 4.79 Å². The topological polar surface area (TPSA) is 59.8 Å². The van der Waals surface area contributed by atoms with Gasteiger partial charge in [-0.15, -0.1) is 0 Å². The normalized spacial score (nSPS) is 14.9. The Bertz CT molecular complexity index is 652. The van der Waals surface area contributed by atoms with E-state index in [1.165, 1.54) is 6.42 Å². The highest BCUT2D eigenvalue weighted by Gasteiger charge is 2.23. The zero-order valence-electron chi connectivity index (χ0n) is 10.5. The van der Waals surface area contributed by atoms with Crippen molar-refractivity contribution in [2.24, 2.45) is 0 Å². The van der Waals surface area contributed by atoms with Gasteiger partial charge in [0, 0.05) is 12.2 Å². The summed E-state index contributed by atoms with van der Waals surface area (Å²) in [5.74, 6) is 0.249. The number of nitrogens with one attached hydrogen (secondary N) is 1. The van der Waals surface area contributed by atoms with Gasteiger partial charge in [0.15, 0.2) is 5.82 Å². The third-order valence-electron chi connectivity index (χ3n) is 3.41. The molecule has 104 valence electrons. The fraction of sp³-hybridized carbons (Fsp3) is 0.308. The largest absolute Gasteiger partial charge is 0.340 e. The predicted octanol–water partition coefficient (Wildman–Crippen LogP) is 3.78. The van der Waals surface area contributed by atoms with Crippen molar-refractivity contribution >= 4 is 43.6 Å². The molecule has 0 aromatic carbocycles. The van der Waals surface area contributed by atoms with Crippen LogP contribution in [-0.4, -0.2) is 20.4 Å². The van der Waals surface area contributed by atoms with Crippen molar-refractivity contribution in [3.05, 3.63) is 39.4 Å². The van der Waals surface area contributed by atoms with Crippen LogP contribution in [-0.2, 0) is 0 Å². The van der Waals surface area contributed by atoms with Crippen LogP contribution in [0, 0.1) is 0 Å². The predicted molar refractivity (Wildman–Crippen MR) is 82.7 cm³/mol. The van der Waals surface area contributed by atoms with Gasteiger partial charge in [0.05, 0.1) is 6.20 Å². The van der Waals surface area contributed by atoms with Gasteiger partial charge >= 0.3 is 0 Å². The number of aromatic nitrogens is 3. The van der Waals surface area contributed by atoms with Crippen molar-refractivity contribution in [3.63, 3.8) is 0 Å². The fourth-order valence-electron chi connectivity index (χ4n) is 2.17. The molecular weight excluding hydrogens is 388 g/mol. The van der Waals surface area contributed by atoms with Gasteiger partial charge in [-0.3, -0.25) is 4.79 Å². The Labute approximate surface area is 133 Å². The van der Waals surface area contributed by atoms with Gasteiger partial charge < -0.3 is 9.88 Å². The van der Waals surface area contributed by atoms with Crippen molar-refractivity contribution in [1.82, 2.24) is 14.5 Å². The minimum atomic E-state index is -0.167. The van der Waals surface area contributed by atoms with Crippen LogP contribution in [0.4, 0.5) is 5.82 Å². The highest BCUT2D eigenvalue weighted by Crippen LogP contribution is 2.33. The molecule has 1 saturated carbocycles. The van der Waals surface area contributed by atoms with Crippen molar-refractivity contribution in [2.45, 2.75) is 25.3 Å². The van der Waals surface area contributed by atoms with E-state index in [4.69, 9.17) is 0 Å². The standard InChI is InChI=1S/C13H12Br2N4O/c14-10-7-16-12(11(15)17-10)18-13(20)9-5-2-6-19(9)8-3-1-4-8/h2,5-8H,1,3-4H2,(H,16,18,20). The maximum Gasteiger partial charge on any atom is 0.273 e. The quantitative estimate of drug-likeness (QED) is 0.854. The van der Waals surface area contributed by atoms with Gasteiger partial charge in [-0.05, 0) is 63.3 Å². The summed E-state index contributed by atoms with van der Waals surface area (Å²) < 4.78 is 3.15. The molecule has 7 heteroatoms. The first kappa shape index (κ1) is 13.8. The lowest BCUT2D eigenvalue weighted by Gasteiger charge is -2.28. The molecule has 1 fully saturated rings. The monoisotopic (exact) mass is 398 g/mol. The second-order valence-electron chi connectivity index (χ2n) is 4.67. The van der Waals surface area contributed by atoms with E-state index in [0.29, 0.717) is 26.8 Å². The molecule has 0 aliphatic heterocycles. The van der Waals surface area contributed by atoms with Gasteiger partial charge in [-0.1, -0.05) is 0 Å². The third-order valence-corrected chi connectivity index (χ3v) is 4.35. The molecule has 2 aromatic heterocycles. The van der Waals surface area contributed by atoms with Gasteiger partial charge in [-0.2, -0.15) is 0 Å². The number of carbonyl (C=O) groups excluding carboxylic acids is 1. The van der Waals surface area contributed by atoms with E-state index >= 15 is 0 Å². The number of halogens is 2. The molecule has 0 bridgehead atoms. The average Bonchev–Trinajstić information content (AvgIpc) is 2.79. The zero-order chi connectivity index (χ0) is 14.1. The highest BCUT2D eigenvalue weighted by molar-refractivity contribution is 9.11. The average molecular weight is 400 g/mol. The van der Waals surface area contributed by atoms with Crippen LogP contribution in [0.2, 0.25) is 0 Å². The first-order valence-corrected chi connectivity index (χ1v) is 7.90. The summed E-state index contributed by atoms with van der Waals surface area (Å²) in [6, 6.07) is 4.17. The highest BCUT2D eigenvalue weighted by atomic mass is 79.9. The number of amides is 1. The van der Waals surface area contributed by atoms with Crippen LogP contribution < -0.4 is 5.32 Å². The van der Waals surface area contributed by atoms with Gasteiger partial charge in [-0.25, -0.2) is 9.97 Å². The molecule has 0 saturated heterocycles. The van der Waals surface area contributed by atoms with Gasteiger partial charge in [0.2, 0.25) is 0 Å². The molecule has 0 unspecified atom stereocenters. The molecule has 2 aromatic rings. The second-order valence-corrected chi connectivity index (χ2v) is 6.24. The number of anilines is 1. The van der Waals surface area contributed by atoms with E-state index < -0.39 is 0 Å². The maximum absolute atomic E-state index is 12.3.